The molecule has 0 aliphatic heterocycles. The van der Waals surface area contributed by atoms with Gasteiger partial charge in [-0.2, -0.15) is 9.60 Å². The minimum Gasteiger partial charge on any atom is -0.691 e. The molecule has 0 radical (unpaired) electrons. The monoisotopic (exact) mass is 364 g/mol. The van der Waals surface area contributed by atoms with Crippen molar-refractivity contribution in [1.29, 1.82) is 5.26 Å². The van der Waals surface area contributed by atoms with Gasteiger partial charge in [-0.1, -0.05) is 12.1 Å². The zero-order valence-corrected chi connectivity index (χ0v) is 18.3. The molecule has 0 spiro atoms. The Morgan fingerprint density at radius 3 is 2.46 bits per heavy atom. The van der Waals surface area contributed by atoms with Crippen LogP contribution in [0.2, 0.25) is 0 Å². The zero-order chi connectivity index (χ0) is 16.4. The second-order valence-electron chi connectivity index (χ2n) is 3.73. The molecule has 0 unspecified atom stereocenters. The van der Waals surface area contributed by atoms with E-state index in [1.54, 1.807) is 35.2 Å². The van der Waals surface area contributed by atoms with Crippen molar-refractivity contribution in [3.63, 3.8) is 0 Å². The maximum Gasteiger partial charge on any atom is 1.00 e. The first kappa shape index (κ1) is 25.7. The van der Waals surface area contributed by atoms with Crippen LogP contribution in [0.3, 0.4) is 0 Å². The summed E-state index contributed by atoms with van der Waals surface area (Å²) in [6.07, 6.45) is 1.22. The molecule has 7 nitrogen and oxygen atoms in total. The zero-order valence-electron chi connectivity index (χ0n) is 13.4. The van der Waals surface area contributed by atoms with Gasteiger partial charge < -0.3 is 20.1 Å². The van der Waals surface area contributed by atoms with Gasteiger partial charge in [0.1, 0.15) is 18.1 Å². The number of carboxylic acid groups (broad SMARTS) is 1. The molecule has 1 aromatic carbocycles. The number of aliphatic carboxylic acids is 1. The van der Waals surface area contributed by atoms with Gasteiger partial charge in [0, 0.05) is 23.5 Å². The van der Waals surface area contributed by atoms with Gasteiger partial charge in [0.2, 0.25) is 0 Å². The molecular formula is C14H10N2Na2O5S. The van der Waals surface area contributed by atoms with Crippen LogP contribution in [-0.4, -0.2) is 12.5 Å². The molecule has 114 valence electrons. The molecule has 24 heavy (non-hydrogen) atoms. The number of anilines is 1. The fourth-order valence-corrected chi connectivity index (χ4v) is 1.69. The van der Waals surface area contributed by atoms with E-state index in [-0.39, 0.29) is 59.1 Å². The van der Waals surface area contributed by atoms with Crippen LogP contribution in [0.15, 0.2) is 29.8 Å². The summed E-state index contributed by atoms with van der Waals surface area (Å²) in [5, 5.41) is 34.6. The number of nitrogens with zero attached hydrogens (tertiary/aromatic N) is 2. The van der Waals surface area contributed by atoms with E-state index in [1.807, 2.05) is 6.92 Å². The average molecular weight is 364 g/mol. The summed E-state index contributed by atoms with van der Waals surface area (Å²) >= 11 is 0.554. The first-order valence-corrected chi connectivity index (χ1v) is 6.70. The van der Waals surface area contributed by atoms with Gasteiger partial charge in [-0.25, -0.2) is 0 Å². The number of nitriles is 1. The van der Waals surface area contributed by atoms with E-state index < -0.39 is 11.5 Å². The van der Waals surface area contributed by atoms with Crippen LogP contribution in [0.1, 0.15) is 12.5 Å². The van der Waals surface area contributed by atoms with Crippen molar-refractivity contribution < 1.29 is 83.6 Å². The molecule has 0 aromatic heterocycles. The molecule has 0 aliphatic carbocycles. The van der Waals surface area contributed by atoms with Gasteiger partial charge in [0.15, 0.2) is 0 Å². The molecule has 0 saturated heterocycles. The third kappa shape index (κ3) is 9.11. The van der Waals surface area contributed by atoms with E-state index in [9.17, 15) is 15.2 Å². The molecule has 0 bridgehead atoms. The van der Waals surface area contributed by atoms with E-state index in [2.05, 4.69) is 20.7 Å². The predicted octanol–water partition coefficient (Wildman–Crippen LogP) is -6.03. The minimum atomic E-state index is -1.52. The van der Waals surface area contributed by atoms with E-state index in [0.717, 1.165) is 5.69 Å². The molecule has 0 aliphatic rings. The van der Waals surface area contributed by atoms with E-state index >= 15 is 0 Å². The number of carbonyl (C=O) groups is 1. The Morgan fingerprint density at radius 1 is 1.38 bits per heavy atom. The summed E-state index contributed by atoms with van der Waals surface area (Å²) in [5.74, 6) is -1.52. The van der Waals surface area contributed by atoms with Gasteiger partial charge in [-0.3, -0.25) is 5.04 Å². The van der Waals surface area contributed by atoms with E-state index in [1.165, 1.54) is 6.08 Å². The Labute approximate surface area is 188 Å². The topological polar surface area (TPSA) is 109 Å². The van der Waals surface area contributed by atoms with Crippen LogP contribution >= 0.6 is 12.0 Å². The summed E-state index contributed by atoms with van der Waals surface area (Å²) in [6.45, 7) is 2.45. The largest absolute Gasteiger partial charge is 1.00 e. The molecule has 1 aromatic rings. The normalized spacial score (nSPS) is 9.46. The Hall–Kier alpha value is -0.490. The first-order valence-electron chi connectivity index (χ1n) is 5.96. The minimum absolute atomic E-state index is 0. The summed E-state index contributed by atoms with van der Waals surface area (Å²) in [5.41, 5.74) is 0.847. The maximum atomic E-state index is 10.7. The summed E-state index contributed by atoms with van der Waals surface area (Å²) in [6, 6.07) is 11.0. The average Bonchev–Trinajstić information content (AvgIpc) is 2.53. The van der Waals surface area contributed by atoms with Crippen molar-refractivity contribution in [1.82, 2.24) is 0 Å². The van der Waals surface area contributed by atoms with Crippen LogP contribution in [0.4, 0.5) is 5.69 Å². The van der Waals surface area contributed by atoms with Crippen LogP contribution < -0.4 is 74.4 Å². The van der Waals surface area contributed by atoms with Crippen LogP contribution in [-0.2, 0) is 14.2 Å². The van der Waals surface area contributed by atoms with Crippen molar-refractivity contribution in [3.8, 4) is 17.4 Å². The van der Waals surface area contributed by atoms with Crippen molar-refractivity contribution in [3.05, 3.63) is 35.4 Å². The quantitative estimate of drug-likeness (QED) is 0.0565. The van der Waals surface area contributed by atoms with Crippen LogP contribution in [0.25, 0.3) is 6.08 Å². The maximum absolute atomic E-state index is 10.7. The third-order valence-corrected chi connectivity index (χ3v) is 2.75. The summed E-state index contributed by atoms with van der Waals surface area (Å²) < 4.78 is 4.02. The number of carboxylic acids is 1. The second-order valence-corrected chi connectivity index (χ2v) is 4.23. The molecule has 0 heterocycles. The molecule has 1 rings (SSSR count). The fraction of sp³-hybridized carbons (Fsp3) is 0.143. The number of hydrogen-bond donors (Lipinski definition) is 0. The van der Waals surface area contributed by atoms with Gasteiger partial charge in [0.25, 0.3) is 0 Å². The number of rotatable bonds is 6. The van der Waals surface area contributed by atoms with Gasteiger partial charge >= 0.3 is 59.1 Å². The molecule has 0 saturated carbocycles. The molecule has 0 atom stereocenters. The molecule has 0 amide bonds. The first-order chi connectivity index (χ1) is 10.6. The van der Waals surface area contributed by atoms with Crippen molar-refractivity contribution in [2.75, 3.05) is 11.4 Å². The molecule has 0 N–H and O–H groups in total. The Bertz CT molecular complexity index is 650. The van der Waals surface area contributed by atoms with Crippen LogP contribution in [0, 0.1) is 22.6 Å². The standard InChI is InChI=1S/C14H12N2O5S.2Na/c1-2-16(7-8-22-21-20-19)13-5-3-11(4-6-13)9-12(10-15)14(17)18;;/h3-6,9,19H,2H2,1H3,(H,17,18);;/q;2*+1/p-2. The number of carbonyl (C=O) groups excluding carboxylic acids is 1. The van der Waals surface area contributed by atoms with Crippen molar-refractivity contribution in [2.45, 2.75) is 6.92 Å². The Morgan fingerprint density at radius 2 is 2.00 bits per heavy atom. The van der Waals surface area contributed by atoms with Gasteiger partial charge in [-0.15, -0.1) is 0 Å². The van der Waals surface area contributed by atoms with E-state index in [0.29, 0.717) is 24.2 Å². The molecule has 0 fully saturated rings. The predicted molar refractivity (Wildman–Crippen MR) is 75.6 cm³/mol. The second kappa shape index (κ2) is 14.8. The third-order valence-electron chi connectivity index (χ3n) is 2.46. The van der Waals surface area contributed by atoms with Crippen LogP contribution in [0.5, 0.6) is 0 Å². The Balaban J connectivity index is 0. The van der Waals surface area contributed by atoms with Gasteiger partial charge in [-0.05, 0) is 30.7 Å². The summed E-state index contributed by atoms with van der Waals surface area (Å²) in [7, 11) is 0. The number of hydrogen-bond acceptors (Lipinski definition) is 8. The molecule has 10 heteroatoms. The van der Waals surface area contributed by atoms with Gasteiger partial charge in [0.05, 0.1) is 11.5 Å². The Kier molecular flexibility index (Phi) is 15.9. The fourth-order valence-electron chi connectivity index (χ4n) is 1.48. The van der Waals surface area contributed by atoms with Crippen molar-refractivity contribution in [2.24, 2.45) is 0 Å². The SMILES string of the molecule is CCN(C#CSOO[O-])c1ccc(C=C(C#N)C(=O)[O-])cc1.[Na+].[Na+]. The van der Waals surface area contributed by atoms with E-state index in [4.69, 9.17) is 5.26 Å². The van der Waals surface area contributed by atoms with Crippen molar-refractivity contribution >= 4 is 29.8 Å². The number of benzene rings is 1. The molecular weight excluding hydrogens is 354 g/mol. The summed E-state index contributed by atoms with van der Waals surface area (Å²) in [4.78, 5) is 12.3. The smallest absolute Gasteiger partial charge is 0.691 e.